The number of nitrogens with zero attached hydrogens (tertiary/aromatic N) is 5. The molecule has 3 heterocycles. The van der Waals surface area contributed by atoms with Crippen molar-refractivity contribution < 1.29 is 0 Å². The molecule has 0 saturated carbocycles. The Morgan fingerprint density at radius 3 is 2.75 bits per heavy atom. The Bertz CT molecular complexity index is 654. The maximum Gasteiger partial charge on any atom is 0.155 e. The van der Waals surface area contributed by atoms with Gasteiger partial charge in [-0.3, -0.25) is 9.08 Å². The van der Waals surface area contributed by atoms with Crippen LogP contribution < -0.4 is 0 Å². The molecular weight excluding hydrogens is 226 g/mol. The van der Waals surface area contributed by atoms with Gasteiger partial charge in [-0.15, -0.1) is 0 Å². The third-order valence-electron chi connectivity index (χ3n) is 2.37. The van der Waals surface area contributed by atoms with Gasteiger partial charge in [0.05, 0.1) is 24.3 Å². The zero-order valence-corrected chi connectivity index (χ0v) is 9.26. The highest BCUT2D eigenvalue weighted by atomic mass is 35.5. The summed E-state index contributed by atoms with van der Waals surface area (Å²) in [6, 6.07) is 0. The molecule has 0 radical (unpaired) electrons. The van der Waals surface area contributed by atoms with Crippen LogP contribution in [0.1, 0.15) is 0 Å². The Hall–Kier alpha value is -1.88. The molecule has 80 valence electrons. The molecule has 0 aliphatic rings. The summed E-state index contributed by atoms with van der Waals surface area (Å²) in [5, 5.41) is 4.57. The summed E-state index contributed by atoms with van der Waals surface area (Å²) in [7, 11) is 1.88. The van der Waals surface area contributed by atoms with Crippen molar-refractivity contribution in [3.63, 3.8) is 0 Å². The van der Waals surface area contributed by atoms with Gasteiger partial charge in [0.2, 0.25) is 0 Å². The van der Waals surface area contributed by atoms with Gasteiger partial charge in [0, 0.05) is 25.0 Å². The number of aryl methyl sites for hydroxylation is 1. The van der Waals surface area contributed by atoms with Crippen molar-refractivity contribution in [2.24, 2.45) is 7.05 Å². The molecule has 0 unspecified atom stereocenters. The van der Waals surface area contributed by atoms with E-state index in [0.29, 0.717) is 5.15 Å². The topological polar surface area (TPSA) is 48.0 Å². The molecule has 3 aromatic heterocycles. The van der Waals surface area contributed by atoms with Gasteiger partial charge >= 0.3 is 0 Å². The van der Waals surface area contributed by atoms with Crippen molar-refractivity contribution in [1.82, 2.24) is 24.1 Å². The SMILES string of the molecule is Cn1cc(-c2cnc3cnc(Cl)cn23)cn1. The molecule has 3 rings (SSSR count). The van der Waals surface area contributed by atoms with Crippen LogP contribution in [0.25, 0.3) is 16.9 Å². The van der Waals surface area contributed by atoms with E-state index in [9.17, 15) is 0 Å². The fourth-order valence-electron chi connectivity index (χ4n) is 1.63. The minimum absolute atomic E-state index is 0.440. The Kier molecular flexibility index (Phi) is 1.94. The fraction of sp³-hybridized carbons (Fsp3) is 0.100. The Morgan fingerprint density at radius 1 is 1.12 bits per heavy atom. The lowest BCUT2D eigenvalue weighted by molar-refractivity contribution is 0.768. The second-order valence-corrected chi connectivity index (χ2v) is 3.87. The van der Waals surface area contributed by atoms with E-state index in [1.165, 1.54) is 0 Å². The molecule has 6 heteroatoms. The summed E-state index contributed by atoms with van der Waals surface area (Å²) in [6.07, 6.45) is 8.88. The van der Waals surface area contributed by atoms with E-state index >= 15 is 0 Å². The average molecular weight is 234 g/mol. The number of fused-ring (bicyclic) bond motifs is 1. The zero-order valence-electron chi connectivity index (χ0n) is 8.50. The molecule has 0 aliphatic heterocycles. The first kappa shape index (κ1) is 9.35. The van der Waals surface area contributed by atoms with Crippen molar-refractivity contribution in [3.05, 3.63) is 36.1 Å². The van der Waals surface area contributed by atoms with Crippen LogP contribution in [0.15, 0.2) is 31.0 Å². The molecule has 0 N–H and O–H groups in total. The molecular formula is C10H8ClN5. The predicted octanol–water partition coefficient (Wildman–Crippen LogP) is 1.78. The highest BCUT2D eigenvalue weighted by molar-refractivity contribution is 6.29. The minimum Gasteiger partial charge on any atom is -0.295 e. The highest BCUT2D eigenvalue weighted by Gasteiger charge is 2.07. The maximum absolute atomic E-state index is 5.86. The van der Waals surface area contributed by atoms with E-state index in [4.69, 9.17) is 11.6 Å². The summed E-state index contributed by atoms with van der Waals surface area (Å²) in [4.78, 5) is 8.23. The second-order valence-electron chi connectivity index (χ2n) is 3.48. The first-order chi connectivity index (χ1) is 7.74. The molecule has 0 bridgehead atoms. The number of imidazole rings is 1. The molecule has 0 atom stereocenters. The summed E-state index contributed by atoms with van der Waals surface area (Å²) < 4.78 is 3.64. The Morgan fingerprint density at radius 2 is 2.00 bits per heavy atom. The van der Waals surface area contributed by atoms with Gasteiger partial charge in [-0.1, -0.05) is 11.6 Å². The van der Waals surface area contributed by atoms with Gasteiger partial charge in [0.1, 0.15) is 5.15 Å². The van der Waals surface area contributed by atoms with E-state index in [0.717, 1.165) is 16.9 Å². The van der Waals surface area contributed by atoms with E-state index in [1.807, 2.05) is 17.6 Å². The van der Waals surface area contributed by atoms with Gasteiger partial charge in [-0.05, 0) is 0 Å². The van der Waals surface area contributed by atoms with Crippen LogP contribution in [0.3, 0.4) is 0 Å². The van der Waals surface area contributed by atoms with Crippen LogP contribution in [0.5, 0.6) is 0 Å². The second kappa shape index (κ2) is 3.31. The van der Waals surface area contributed by atoms with Crippen LogP contribution in [-0.2, 0) is 7.05 Å². The number of hydrogen-bond donors (Lipinski definition) is 0. The summed E-state index contributed by atoms with van der Waals surface area (Å²) in [5.74, 6) is 0. The summed E-state index contributed by atoms with van der Waals surface area (Å²) in [5.41, 5.74) is 2.72. The molecule has 0 amide bonds. The van der Waals surface area contributed by atoms with Gasteiger partial charge in [-0.2, -0.15) is 5.10 Å². The number of halogens is 1. The molecule has 0 fully saturated rings. The van der Waals surface area contributed by atoms with Crippen molar-refractivity contribution in [2.75, 3.05) is 0 Å². The molecule has 3 aromatic rings. The van der Waals surface area contributed by atoms with Gasteiger partial charge in [0.25, 0.3) is 0 Å². The van der Waals surface area contributed by atoms with E-state index in [2.05, 4.69) is 15.1 Å². The monoisotopic (exact) mass is 233 g/mol. The maximum atomic E-state index is 5.86. The lowest BCUT2D eigenvalue weighted by atomic mass is 10.3. The van der Waals surface area contributed by atoms with Gasteiger partial charge in [0.15, 0.2) is 5.65 Å². The molecule has 0 aromatic carbocycles. The Balaban J connectivity index is 2.27. The average Bonchev–Trinajstić information content (AvgIpc) is 2.83. The standard InChI is InChI=1S/C10H8ClN5/c1-15-5-7(2-14-15)8-3-13-10-4-12-9(11)6-16(8)10/h2-6H,1H3. The normalized spacial score (nSPS) is 11.1. The third kappa shape index (κ3) is 1.37. The van der Waals surface area contributed by atoms with Crippen LogP contribution in [0.2, 0.25) is 5.15 Å². The van der Waals surface area contributed by atoms with Crippen LogP contribution >= 0.6 is 11.6 Å². The first-order valence-electron chi connectivity index (χ1n) is 4.71. The number of hydrogen-bond acceptors (Lipinski definition) is 3. The van der Waals surface area contributed by atoms with Crippen LogP contribution in [-0.4, -0.2) is 24.1 Å². The van der Waals surface area contributed by atoms with Crippen molar-refractivity contribution in [3.8, 4) is 11.3 Å². The Labute approximate surface area is 96.3 Å². The summed E-state index contributed by atoms with van der Waals surface area (Å²) in [6.45, 7) is 0. The zero-order chi connectivity index (χ0) is 11.1. The lowest BCUT2D eigenvalue weighted by Gasteiger charge is -1.98. The van der Waals surface area contributed by atoms with Crippen LogP contribution in [0.4, 0.5) is 0 Å². The van der Waals surface area contributed by atoms with Gasteiger partial charge < -0.3 is 0 Å². The fourth-order valence-corrected chi connectivity index (χ4v) is 1.78. The third-order valence-corrected chi connectivity index (χ3v) is 2.56. The number of rotatable bonds is 1. The van der Waals surface area contributed by atoms with Crippen molar-refractivity contribution in [1.29, 1.82) is 0 Å². The summed E-state index contributed by atoms with van der Waals surface area (Å²) >= 11 is 5.86. The molecule has 0 spiro atoms. The molecule has 5 nitrogen and oxygen atoms in total. The van der Waals surface area contributed by atoms with Crippen molar-refractivity contribution >= 4 is 17.2 Å². The van der Waals surface area contributed by atoms with E-state index < -0.39 is 0 Å². The van der Waals surface area contributed by atoms with E-state index in [1.54, 1.807) is 29.5 Å². The minimum atomic E-state index is 0.440. The molecule has 16 heavy (non-hydrogen) atoms. The highest BCUT2D eigenvalue weighted by Crippen LogP contribution is 2.20. The molecule has 0 aliphatic carbocycles. The van der Waals surface area contributed by atoms with Crippen molar-refractivity contribution in [2.45, 2.75) is 0 Å². The van der Waals surface area contributed by atoms with Crippen LogP contribution in [0, 0.1) is 0 Å². The lowest BCUT2D eigenvalue weighted by Crippen LogP contribution is -1.89. The quantitative estimate of drug-likeness (QED) is 0.644. The first-order valence-corrected chi connectivity index (χ1v) is 5.09. The largest absolute Gasteiger partial charge is 0.295 e. The van der Waals surface area contributed by atoms with E-state index in [-0.39, 0.29) is 0 Å². The smallest absolute Gasteiger partial charge is 0.155 e. The predicted molar refractivity (Wildman–Crippen MR) is 60.2 cm³/mol. The van der Waals surface area contributed by atoms with Gasteiger partial charge in [-0.25, -0.2) is 9.97 Å². The molecule has 0 saturated heterocycles. The number of aromatic nitrogens is 5.